The van der Waals surface area contributed by atoms with E-state index in [1.165, 1.54) is 0 Å². The Hall–Kier alpha value is -0.980. The summed E-state index contributed by atoms with van der Waals surface area (Å²) in [7, 11) is 0. The molecule has 1 atom stereocenters. The molecule has 19 heavy (non-hydrogen) atoms. The highest BCUT2D eigenvalue weighted by Gasteiger charge is 2.27. The van der Waals surface area contributed by atoms with Crippen LogP contribution < -0.4 is 0 Å². The summed E-state index contributed by atoms with van der Waals surface area (Å²) in [4.78, 5) is 18.6. The summed E-state index contributed by atoms with van der Waals surface area (Å²) < 4.78 is 10.4. The fraction of sp³-hybridized carbons (Fsp3) is 0.692. The number of morpholine rings is 1. The molecule has 1 aromatic heterocycles. The summed E-state index contributed by atoms with van der Waals surface area (Å²) >= 11 is 1.62. The van der Waals surface area contributed by atoms with Crippen LogP contribution in [-0.4, -0.2) is 48.8 Å². The monoisotopic (exact) mass is 284 g/mol. The maximum atomic E-state index is 11.8. The predicted octanol–water partition coefficient (Wildman–Crippen LogP) is 1.78. The predicted molar refractivity (Wildman–Crippen MR) is 73.2 cm³/mol. The van der Waals surface area contributed by atoms with E-state index in [4.69, 9.17) is 9.47 Å². The van der Waals surface area contributed by atoms with Gasteiger partial charge in [-0.25, -0.2) is 4.98 Å². The van der Waals surface area contributed by atoms with Crippen molar-refractivity contribution in [1.82, 2.24) is 9.88 Å². The molecule has 0 saturated carbocycles. The molecule has 5 nitrogen and oxygen atoms in total. The van der Waals surface area contributed by atoms with Crippen molar-refractivity contribution in [2.45, 2.75) is 26.3 Å². The molecule has 106 valence electrons. The minimum Gasteiger partial charge on any atom is -0.466 e. The largest absolute Gasteiger partial charge is 0.466 e. The van der Waals surface area contributed by atoms with Crippen LogP contribution in [0.25, 0.3) is 0 Å². The lowest BCUT2D eigenvalue weighted by Gasteiger charge is -2.33. The van der Waals surface area contributed by atoms with Crippen molar-refractivity contribution in [2.75, 3.05) is 32.9 Å². The zero-order valence-corrected chi connectivity index (χ0v) is 12.2. The summed E-state index contributed by atoms with van der Waals surface area (Å²) in [5, 5.41) is 3.06. The molecule has 0 bridgehead atoms. The molecule has 0 aromatic carbocycles. The SMILES string of the molecule is CCOC(=O)CC(c1csc(C)n1)N1CCOCC1. The minimum absolute atomic E-state index is 0.00731. The van der Waals surface area contributed by atoms with E-state index in [-0.39, 0.29) is 12.0 Å². The van der Waals surface area contributed by atoms with Gasteiger partial charge in [-0.2, -0.15) is 0 Å². The smallest absolute Gasteiger partial charge is 0.307 e. The second-order valence-electron chi connectivity index (χ2n) is 4.46. The van der Waals surface area contributed by atoms with E-state index < -0.39 is 0 Å². The second kappa shape index (κ2) is 6.98. The zero-order valence-electron chi connectivity index (χ0n) is 11.4. The first-order valence-corrected chi connectivity index (χ1v) is 7.48. The third-order valence-electron chi connectivity index (χ3n) is 3.13. The Morgan fingerprint density at radius 1 is 1.58 bits per heavy atom. The molecule has 1 unspecified atom stereocenters. The molecule has 2 heterocycles. The molecule has 2 rings (SSSR count). The molecule has 0 aliphatic carbocycles. The number of carbonyl (C=O) groups excluding carboxylic acids is 1. The van der Waals surface area contributed by atoms with E-state index in [1.54, 1.807) is 11.3 Å². The molecule has 1 saturated heterocycles. The first-order chi connectivity index (χ1) is 9.20. The molecule has 1 aromatic rings. The number of aryl methyl sites for hydroxylation is 1. The molecule has 0 N–H and O–H groups in total. The molecule has 1 aliphatic rings. The van der Waals surface area contributed by atoms with Gasteiger partial charge in [0, 0.05) is 18.5 Å². The lowest BCUT2D eigenvalue weighted by Crippen LogP contribution is -2.40. The number of nitrogens with zero attached hydrogens (tertiary/aromatic N) is 2. The Kier molecular flexibility index (Phi) is 5.30. The van der Waals surface area contributed by atoms with Gasteiger partial charge in [0.2, 0.25) is 0 Å². The quantitative estimate of drug-likeness (QED) is 0.771. The normalized spacial score (nSPS) is 18.2. The summed E-state index contributed by atoms with van der Waals surface area (Å²) in [6.07, 6.45) is 0.358. The van der Waals surface area contributed by atoms with Crippen LogP contribution in [0.3, 0.4) is 0 Å². The van der Waals surface area contributed by atoms with Crippen LogP contribution in [0.15, 0.2) is 5.38 Å². The van der Waals surface area contributed by atoms with Gasteiger partial charge >= 0.3 is 5.97 Å². The van der Waals surface area contributed by atoms with E-state index in [9.17, 15) is 4.79 Å². The van der Waals surface area contributed by atoms with Gasteiger partial charge in [0.05, 0.1) is 43.0 Å². The van der Waals surface area contributed by atoms with E-state index in [2.05, 4.69) is 9.88 Å². The highest BCUT2D eigenvalue weighted by atomic mass is 32.1. The topological polar surface area (TPSA) is 51.7 Å². The van der Waals surface area contributed by atoms with Crippen molar-refractivity contribution < 1.29 is 14.3 Å². The van der Waals surface area contributed by atoms with Crippen molar-refractivity contribution in [3.63, 3.8) is 0 Å². The molecule has 0 amide bonds. The first kappa shape index (κ1) is 14.4. The van der Waals surface area contributed by atoms with E-state index in [0.29, 0.717) is 26.2 Å². The van der Waals surface area contributed by atoms with Gasteiger partial charge in [-0.3, -0.25) is 9.69 Å². The van der Waals surface area contributed by atoms with Gasteiger partial charge in [0.25, 0.3) is 0 Å². The Labute approximate surface area is 117 Å². The van der Waals surface area contributed by atoms with Crippen LogP contribution in [0, 0.1) is 6.92 Å². The lowest BCUT2D eigenvalue weighted by atomic mass is 10.1. The highest BCUT2D eigenvalue weighted by molar-refractivity contribution is 7.09. The number of aromatic nitrogens is 1. The summed E-state index contributed by atoms with van der Waals surface area (Å²) in [5.74, 6) is -0.162. The maximum Gasteiger partial charge on any atom is 0.307 e. The van der Waals surface area contributed by atoms with Crippen LogP contribution in [0.2, 0.25) is 0 Å². The van der Waals surface area contributed by atoms with Crippen LogP contribution in [0.4, 0.5) is 0 Å². The van der Waals surface area contributed by atoms with Gasteiger partial charge in [0.15, 0.2) is 0 Å². The highest BCUT2D eigenvalue weighted by Crippen LogP contribution is 2.26. The van der Waals surface area contributed by atoms with Crippen molar-refractivity contribution in [2.24, 2.45) is 0 Å². The van der Waals surface area contributed by atoms with Gasteiger partial charge < -0.3 is 9.47 Å². The van der Waals surface area contributed by atoms with Gasteiger partial charge in [-0.15, -0.1) is 11.3 Å². The van der Waals surface area contributed by atoms with Crippen LogP contribution in [0.1, 0.15) is 30.1 Å². The number of ether oxygens (including phenoxy) is 2. The Balaban J connectivity index is 2.10. The number of hydrogen-bond donors (Lipinski definition) is 0. The molecular weight excluding hydrogens is 264 g/mol. The summed E-state index contributed by atoms with van der Waals surface area (Å²) in [6, 6.07) is 0.00731. The summed E-state index contributed by atoms with van der Waals surface area (Å²) in [5.41, 5.74) is 0.970. The van der Waals surface area contributed by atoms with Crippen LogP contribution in [0.5, 0.6) is 0 Å². The third-order valence-corrected chi connectivity index (χ3v) is 3.92. The number of carbonyl (C=O) groups is 1. The summed E-state index contributed by atoms with van der Waals surface area (Å²) in [6.45, 7) is 7.32. The van der Waals surface area contributed by atoms with Gasteiger partial charge in [-0.1, -0.05) is 0 Å². The van der Waals surface area contributed by atoms with E-state index >= 15 is 0 Å². The Morgan fingerprint density at radius 2 is 2.32 bits per heavy atom. The maximum absolute atomic E-state index is 11.8. The standard InChI is InChI=1S/C13H20N2O3S/c1-3-18-13(16)8-12(11-9-19-10(2)14-11)15-4-6-17-7-5-15/h9,12H,3-8H2,1-2H3. The van der Waals surface area contributed by atoms with Crippen LogP contribution in [-0.2, 0) is 14.3 Å². The Morgan fingerprint density at radius 3 is 2.89 bits per heavy atom. The van der Waals surface area contributed by atoms with Crippen molar-refractivity contribution >= 4 is 17.3 Å². The second-order valence-corrected chi connectivity index (χ2v) is 5.53. The molecule has 0 radical (unpaired) electrons. The van der Waals surface area contributed by atoms with Gasteiger partial charge in [0.1, 0.15) is 0 Å². The van der Waals surface area contributed by atoms with Crippen molar-refractivity contribution in [3.05, 3.63) is 16.1 Å². The number of esters is 1. The molecule has 1 aliphatic heterocycles. The average molecular weight is 284 g/mol. The van der Waals surface area contributed by atoms with E-state index in [1.807, 2.05) is 19.2 Å². The lowest BCUT2D eigenvalue weighted by molar-refractivity contribution is -0.145. The zero-order chi connectivity index (χ0) is 13.7. The first-order valence-electron chi connectivity index (χ1n) is 6.60. The van der Waals surface area contributed by atoms with Crippen molar-refractivity contribution in [3.8, 4) is 0 Å². The molecule has 1 fully saturated rings. The number of hydrogen-bond acceptors (Lipinski definition) is 6. The fourth-order valence-corrected chi connectivity index (χ4v) is 2.88. The average Bonchev–Trinajstić information content (AvgIpc) is 2.84. The number of thiazole rings is 1. The molecule has 0 spiro atoms. The van der Waals surface area contributed by atoms with Crippen LogP contribution >= 0.6 is 11.3 Å². The van der Waals surface area contributed by atoms with Crippen molar-refractivity contribution in [1.29, 1.82) is 0 Å². The third kappa shape index (κ3) is 3.99. The fourth-order valence-electron chi connectivity index (χ4n) is 2.22. The molecule has 6 heteroatoms. The van der Waals surface area contributed by atoms with Gasteiger partial charge in [-0.05, 0) is 13.8 Å². The minimum atomic E-state index is -0.162. The van der Waals surface area contributed by atoms with E-state index in [0.717, 1.165) is 23.8 Å². The molecular formula is C13H20N2O3S. The Bertz CT molecular complexity index is 416. The number of rotatable bonds is 5.